The number of hydrogen-bond acceptors (Lipinski definition) is 6. The molecule has 1 atom stereocenters. The van der Waals surface area contributed by atoms with Crippen molar-refractivity contribution in [2.75, 3.05) is 49.1 Å². The molecule has 7 nitrogen and oxygen atoms in total. The molecule has 31 heavy (non-hydrogen) atoms. The van der Waals surface area contributed by atoms with Crippen molar-refractivity contribution in [2.45, 2.75) is 19.4 Å². The third kappa shape index (κ3) is 3.64. The molecule has 5 rings (SSSR count). The summed E-state index contributed by atoms with van der Waals surface area (Å²) in [4.78, 5) is 21.2. The molecule has 0 unspecified atom stereocenters. The zero-order chi connectivity index (χ0) is 21.4. The van der Waals surface area contributed by atoms with Crippen LogP contribution < -0.4 is 15.1 Å². The first-order valence-corrected chi connectivity index (χ1v) is 10.9. The van der Waals surface area contributed by atoms with Crippen LogP contribution in [0, 0.1) is 11.3 Å². The number of aromatic nitrogens is 2. The van der Waals surface area contributed by atoms with Crippen molar-refractivity contribution in [3.05, 3.63) is 53.7 Å². The summed E-state index contributed by atoms with van der Waals surface area (Å²) in [6.07, 6.45) is 3.02. The van der Waals surface area contributed by atoms with Crippen molar-refractivity contribution >= 4 is 28.3 Å². The Kier molecular flexibility index (Phi) is 5.08. The highest BCUT2D eigenvalue weighted by molar-refractivity contribution is 5.94. The number of rotatable bonds is 4. The zero-order valence-electron chi connectivity index (χ0n) is 17.7. The molecule has 1 aromatic carbocycles. The minimum atomic E-state index is 0.0931. The number of carbonyl (C=O) groups excluding carboxylic acids is 1. The molecule has 2 aromatic heterocycles. The second-order valence-corrected chi connectivity index (χ2v) is 8.33. The van der Waals surface area contributed by atoms with Gasteiger partial charge in [-0.1, -0.05) is 0 Å². The molecule has 0 aliphatic carbocycles. The van der Waals surface area contributed by atoms with Gasteiger partial charge in [0.2, 0.25) is 0 Å². The van der Waals surface area contributed by atoms with Gasteiger partial charge in [0.15, 0.2) is 5.78 Å². The lowest BCUT2D eigenvalue weighted by Gasteiger charge is -2.36. The summed E-state index contributed by atoms with van der Waals surface area (Å²) in [7, 11) is 0. The van der Waals surface area contributed by atoms with Crippen LogP contribution in [0.4, 0.5) is 11.5 Å². The lowest BCUT2D eigenvalue weighted by Crippen LogP contribution is -2.46. The summed E-state index contributed by atoms with van der Waals surface area (Å²) < 4.78 is 2.18. The lowest BCUT2D eigenvalue weighted by atomic mass is 10.1. The summed E-state index contributed by atoms with van der Waals surface area (Å²) in [6, 6.07) is 14.6. The number of piperazine rings is 1. The predicted molar refractivity (Wildman–Crippen MR) is 122 cm³/mol. The molecule has 0 spiro atoms. The van der Waals surface area contributed by atoms with Gasteiger partial charge in [-0.3, -0.25) is 4.79 Å². The average Bonchev–Trinajstić information content (AvgIpc) is 3.46. The standard InChI is InChI=1S/C24H26N6O/c1-17(31)18-2-4-20(5-3-18)28-10-12-29(13-11-28)23-7-6-22-19(14-25)16-30(24(22)27-23)21-8-9-26-15-21/h2-7,16,21,26H,8-13,15H2,1H3/t21-/m1/s1. The number of nitrogens with zero attached hydrogens (tertiary/aromatic N) is 5. The molecular weight excluding hydrogens is 388 g/mol. The third-order valence-electron chi connectivity index (χ3n) is 6.45. The van der Waals surface area contributed by atoms with E-state index in [1.165, 1.54) is 0 Å². The number of nitrogens with one attached hydrogen (secondary N) is 1. The van der Waals surface area contributed by atoms with Gasteiger partial charge in [-0.05, 0) is 56.3 Å². The van der Waals surface area contributed by atoms with E-state index in [2.05, 4.69) is 25.8 Å². The van der Waals surface area contributed by atoms with Crippen molar-refractivity contribution in [2.24, 2.45) is 0 Å². The van der Waals surface area contributed by atoms with E-state index in [1.807, 2.05) is 42.6 Å². The molecule has 2 saturated heterocycles. The summed E-state index contributed by atoms with van der Waals surface area (Å²) in [6.45, 7) is 7.07. The number of fused-ring (bicyclic) bond motifs is 1. The van der Waals surface area contributed by atoms with E-state index >= 15 is 0 Å². The maximum absolute atomic E-state index is 11.5. The number of Topliss-reactive ketones (excluding diaryl/α,β-unsaturated/α-hetero) is 1. The van der Waals surface area contributed by atoms with Crippen molar-refractivity contribution in [3.63, 3.8) is 0 Å². The van der Waals surface area contributed by atoms with Gasteiger partial charge in [-0.2, -0.15) is 5.26 Å². The second-order valence-electron chi connectivity index (χ2n) is 8.33. The van der Waals surface area contributed by atoms with Gasteiger partial charge in [-0.15, -0.1) is 0 Å². The zero-order valence-corrected chi connectivity index (χ0v) is 17.7. The van der Waals surface area contributed by atoms with Crippen LogP contribution in [0.15, 0.2) is 42.6 Å². The molecule has 7 heteroatoms. The molecule has 4 heterocycles. The highest BCUT2D eigenvalue weighted by atomic mass is 16.1. The smallest absolute Gasteiger partial charge is 0.159 e. The molecule has 2 aliphatic rings. The van der Waals surface area contributed by atoms with Gasteiger partial charge in [-0.25, -0.2) is 4.98 Å². The van der Waals surface area contributed by atoms with Crippen LogP contribution in [0.3, 0.4) is 0 Å². The Balaban J connectivity index is 1.35. The summed E-state index contributed by atoms with van der Waals surface area (Å²) in [5, 5.41) is 13.9. The molecule has 3 aromatic rings. The first kappa shape index (κ1) is 19.6. The van der Waals surface area contributed by atoms with Gasteiger partial charge in [0.25, 0.3) is 0 Å². The van der Waals surface area contributed by atoms with E-state index in [-0.39, 0.29) is 5.78 Å². The summed E-state index contributed by atoms with van der Waals surface area (Å²) in [5.74, 6) is 1.06. The van der Waals surface area contributed by atoms with Gasteiger partial charge in [0, 0.05) is 61.6 Å². The maximum atomic E-state index is 11.5. The molecule has 0 bridgehead atoms. The second kappa shape index (κ2) is 8.05. The Labute approximate surface area is 181 Å². The van der Waals surface area contributed by atoms with Crippen molar-refractivity contribution in [1.29, 1.82) is 5.26 Å². The molecule has 2 aliphatic heterocycles. The van der Waals surface area contributed by atoms with E-state index in [9.17, 15) is 10.1 Å². The van der Waals surface area contributed by atoms with E-state index in [0.29, 0.717) is 11.6 Å². The highest BCUT2D eigenvalue weighted by Gasteiger charge is 2.23. The normalized spacial score (nSPS) is 19.0. The van der Waals surface area contributed by atoms with E-state index in [1.54, 1.807) is 6.92 Å². The molecule has 1 N–H and O–H groups in total. The van der Waals surface area contributed by atoms with Crippen molar-refractivity contribution in [3.8, 4) is 6.07 Å². The van der Waals surface area contributed by atoms with Crippen LogP contribution in [0.1, 0.15) is 35.3 Å². The van der Waals surface area contributed by atoms with Gasteiger partial charge < -0.3 is 19.7 Å². The van der Waals surface area contributed by atoms with Gasteiger partial charge in [0.1, 0.15) is 17.5 Å². The van der Waals surface area contributed by atoms with Crippen LogP contribution in [0.25, 0.3) is 11.0 Å². The Morgan fingerprint density at radius 2 is 1.84 bits per heavy atom. The number of benzene rings is 1. The summed E-state index contributed by atoms with van der Waals surface area (Å²) in [5.41, 5.74) is 3.50. The Morgan fingerprint density at radius 1 is 1.10 bits per heavy atom. The quantitative estimate of drug-likeness (QED) is 0.662. The fourth-order valence-corrected chi connectivity index (χ4v) is 4.64. The van der Waals surface area contributed by atoms with Crippen molar-refractivity contribution < 1.29 is 4.79 Å². The van der Waals surface area contributed by atoms with Crippen LogP contribution >= 0.6 is 0 Å². The molecule has 0 saturated carbocycles. The SMILES string of the molecule is CC(=O)c1ccc(N2CCN(c3ccc4c(C#N)cn([C@@H]5CCNC5)c4n3)CC2)cc1. The minimum Gasteiger partial charge on any atom is -0.368 e. The lowest BCUT2D eigenvalue weighted by molar-refractivity contribution is 0.101. The van der Waals surface area contributed by atoms with Gasteiger partial charge in [0.05, 0.1) is 5.56 Å². The molecule has 0 amide bonds. The first-order chi connectivity index (χ1) is 15.1. The predicted octanol–water partition coefficient (Wildman–Crippen LogP) is 2.97. The number of pyridine rings is 1. The first-order valence-electron chi connectivity index (χ1n) is 10.9. The van der Waals surface area contributed by atoms with E-state index in [0.717, 1.165) is 73.8 Å². The monoisotopic (exact) mass is 414 g/mol. The van der Waals surface area contributed by atoms with Crippen LogP contribution in [-0.2, 0) is 0 Å². The number of nitriles is 1. The van der Waals surface area contributed by atoms with Crippen LogP contribution in [0.5, 0.6) is 0 Å². The number of ketones is 1. The van der Waals surface area contributed by atoms with Crippen LogP contribution in [0.2, 0.25) is 0 Å². The summed E-state index contributed by atoms with van der Waals surface area (Å²) >= 11 is 0. The maximum Gasteiger partial charge on any atom is 0.159 e. The largest absolute Gasteiger partial charge is 0.368 e. The van der Waals surface area contributed by atoms with Crippen LogP contribution in [-0.4, -0.2) is 54.6 Å². The topological polar surface area (TPSA) is 77.2 Å². The highest BCUT2D eigenvalue weighted by Crippen LogP contribution is 2.29. The van der Waals surface area contributed by atoms with E-state index < -0.39 is 0 Å². The Bertz CT molecular complexity index is 1150. The number of hydrogen-bond donors (Lipinski definition) is 1. The Morgan fingerprint density at radius 3 is 2.48 bits per heavy atom. The fraction of sp³-hybridized carbons (Fsp3) is 0.375. The van der Waals surface area contributed by atoms with E-state index in [4.69, 9.17) is 4.98 Å². The third-order valence-corrected chi connectivity index (χ3v) is 6.45. The van der Waals surface area contributed by atoms with Gasteiger partial charge >= 0.3 is 0 Å². The Hall–Kier alpha value is -3.37. The van der Waals surface area contributed by atoms with Crippen molar-refractivity contribution in [1.82, 2.24) is 14.9 Å². The molecular formula is C24H26N6O. The average molecular weight is 415 g/mol. The molecule has 0 radical (unpaired) electrons. The molecule has 158 valence electrons. The number of carbonyl (C=O) groups is 1. The molecule has 2 fully saturated rings. The fourth-order valence-electron chi connectivity index (χ4n) is 4.64. The minimum absolute atomic E-state index is 0.0931. The number of anilines is 2.